The molecule has 0 atom stereocenters. The van der Waals surface area contributed by atoms with Crippen LogP contribution in [0.1, 0.15) is 30.4 Å². The van der Waals surface area contributed by atoms with E-state index in [1.54, 1.807) is 6.07 Å². The molecule has 1 aromatic heterocycles. The van der Waals surface area contributed by atoms with Crippen molar-refractivity contribution >= 4 is 11.8 Å². The predicted molar refractivity (Wildman–Crippen MR) is 78.5 cm³/mol. The van der Waals surface area contributed by atoms with E-state index in [4.69, 9.17) is 4.42 Å². The van der Waals surface area contributed by atoms with Crippen LogP contribution in [0, 0.1) is 19.7 Å². The molecule has 0 amide bonds. The van der Waals surface area contributed by atoms with Crippen LogP contribution >= 0.6 is 11.8 Å². The molecule has 0 aliphatic carbocycles. The first-order valence-electron chi connectivity index (χ1n) is 6.71. The van der Waals surface area contributed by atoms with Gasteiger partial charge in [0.25, 0.3) is 5.22 Å². The van der Waals surface area contributed by atoms with Crippen LogP contribution in [0.3, 0.4) is 0 Å². The molecule has 108 valence electrons. The van der Waals surface area contributed by atoms with Crippen LogP contribution in [0.5, 0.6) is 0 Å². The molecular formula is C15H19FN2OS. The number of oxazole rings is 1. The first kappa shape index (κ1) is 15.1. The average molecular weight is 294 g/mol. The molecule has 5 heteroatoms. The van der Waals surface area contributed by atoms with E-state index >= 15 is 0 Å². The fourth-order valence-corrected chi connectivity index (χ4v) is 2.74. The molecule has 0 fully saturated rings. The third-order valence-corrected chi connectivity index (χ3v) is 4.00. The smallest absolute Gasteiger partial charge is 0.261 e. The summed E-state index contributed by atoms with van der Waals surface area (Å²) in [7, 11) is 0. The molecule has 1 aromatic carbocycles. The van der Waals surface area contributed by atoms with Crippen molar-refractivity contribution in [2.24, 2.45) is 0 Å². The molecular weight excluding hydrogens is 275 g/mol. The van der Waals surface area contributed by atoms with Gasteiger partial charge in [-0.15, -0.1) is 0 Å². The van der Waals surface area contributed by atoms with Gasteiger partial charge in [0.2, 0.25) is 0 Å². The lowest BCUT2D eigenvalue weighted by Crippen LogP contribution is -2.14. The molecule has 0 saturated carbocycles. The van der Waals surface area contributed by atoms with Gasteiger partial charge >= 0.3 is 0 Å². The zero-order valence-electron chi connectivity index (χ0n) is 12.0. The second kappa shape index (κ2) is 6.90. The molecule has 1 heterocycles. The molecule has 0 saturated heterocycles. The van der Waals surface area contributed by atoms with Crippen LogP contribution in [0.4, 0.5) is 4.39 Å². The highest BCUT2D eigenvalue weighted by atomic mass is 32.2. The fourth-order valence-electron chi connectivity index (χ4n) is 1.78. The van der Waals surface area contributed by atoms with Crippen molar-refractivity contribution in [1.29, 1.82) is 0 Å². The van der Waals surface area contributed by atoms with Gasteiger partial charge in [-0.25, -0.2) is 9.37 Å². The third-order valence-electron chi connectivity index (χ3n) is 2.99. The van der Waals surface area contributed by atoms with Gasteiger partial charge in [-0.05, 0) is 50.2 Å². The van der Waals surface area contributed by atoms with Crippen molar-refractivity contribution in [3.8, 4) is 0 Å². The minimum Gasteiger partial charge on any atom is -0.436 e. The Hall–Kier alpha value is -1.33. The maximum Gasteiger partial charge on any atom is 0.261 e. The topological polar surface area (TPSA) is 38.1 Å². The number of benzene rings is 1. The minimum absolute atomic E-state index is 0.237. The highest BCUT2D eigenvalue weighted by Crippen LogP contribution is 2.33. The van der Waals surface area contributed by atoms with E-state index in [1.165, 1.54) is 17.8 Å². The highest BCUT2D eigenvalue weighted by molar-refractivity contribution is 7.99. The second-order valence-corrected chi connectivity index (χ2v) is 5.59. The van der Waals surface area contributed by atoms with E-state index in [0.717, 1.165) is 30.0 Å². The summed E-state index contributed by atoms with van der Waals surface area (Å²) < 4.78 is 19.6. The second-order valence-electron chi connectivity index (χ2n) is 4.63. The summed E-state index contributed by atoms with van der Waals surface area (Å²) in [5.74, 6) is 0.536. The van der Waals surface area contributed by atoms with Gasteiger partial charge < -0.3 is 9.73 Å². The summed E-state index contributed by atoms with van der Waals surface area (Å²) in [6.07, 6.45) is 1.05. The third kappa shape index (κ3) is 3.61. The highest BCUT2D eigenvalue weighted by Gasteiger charge is 2.14. The summed E-state index contributed by atoms with van der Waals surface area (Å²) in [6, 6.07) is 5.12. The summed E-state index contributed by atoms with van der Waals surface area (Å²) in [6.45, 7) is 7.41. The van der Waals surface area contributed by atoms with Gasteiger partial charge in [-0.3, -0.25) is 0 Å². The van der Waals surface area contributed by atoms with Crippen molar-refractivity contribution in [3.63, 3.8) is 0 Å². The Labute approximate surface area is 123 Å². The molecule has 3 nitrogen and oxygen atoms in total. The normalized spacial score (nSPS) is 11.0. The monoisotopic (exact) mass is 294 g/mol. The molecule has 1 N–H and O–H groups in total. The molecule has 0 bridgehead atoms. The zero-order chi connectivity index (χ0) is 14.5. The molecule has 0 radical (unpaired) electrons. The lowest BCUT2D eigenvalue weighted by molar-refractivity contribution is 0.430. The van der Waals surface area contributed by atoms with Crippen molar-refractivity contribution < 1.29 is 8.81 Å². The Morgan fingerprint density at radius 1 is 1.35 bits per heavy atom. The number of nitrogens with one attached hydrogen (secondary N) is 1. The van der Waals surface area contributed by atoms with Gasteiger partial charge in [0, 0.05) is 6.54 Å². The van der Waals surface area contributed by atoms with Crippen LogP contribution in [-0.2, 0) is 6.54 Å². The molecule has 0 aliphatic rings. The molecule has 0 spiro atoms. The number of nitrogens with zero attached hydrogens (tertiary/aromatic N) is 1. The van der Waals surface area contributed by atoms with E-state index in [9.17, 15) is 4.39 Å². The average Bonchev–Trinajstić information content (AvgIpc) is 2.72. The molecule has 2 aromatic rings. The number of hydrogen-bond acceptors (Lipinski definition) is 4. The molecule has 0 aliphatic heterocycles. The van der Waals surface area contributed by atoms with E-state index in [0.29, 0.717) is 16.7 Å². The zero-order valence-corrected chi connectivity index (χ0v) is 12.8. The summed E-state index contributed by atoms with van der Waals surface area (Å²) in [5, 5.41) is 3.78. The van der Waals surface area contributed by atoms with E-state index in [1.807, 2.05) is 19.9 Å². The van der Waals surface area contributed by atoms with Crippen LogP contribution in [0.25, 0.3) is 0 Å². The number of hydrogen-bond donors (Lipinski definition) is 1. The maximum absolute atomic E-state index is 14.0. The fraction of sp³-hybridized carbons (Fsp3) is 0.400. The lowest BCUT2D eigenvalue weighted by Gasteiger charge is -2.09. The lowest BCUT2D eigenvalue weighted by atomic mass is 10.2. The molecule has 20 heavy (non-hydrogen) atoms. The quantitative estimate of drug-likeness (QED) is 0.815. The Bertz CT molecular complexity index is 564. The van der Waals surface area contributed by atoms with Crippen LogP contribution in [0.15, 0.2) is 32.7 Å². The Morgan fingerprint density at radius 3 is 2.80 bits per heavy atom. The van der Waals surface area contributed by atoms with Crippen molar-refractivity contribution in [1.82, 2.24) is 10.3 Å². The Kier molecular flexibility index (Phi) is 5.20. The van der Waals surface area contributed by atoms with E-state index in [-0.39, 0.29) is 5.82 Å². The Balaban J connectivity index is 2.20. The van der Waals surface area contributed by atoms with Crippen molar-refractivity contribution in [2.75, 3.05) is 6.54 Å². The van der Waals surface area contributed by atoms with E-state index in [2.05, 4.69) is 17.2 Å². The number of aryl methyl sites for hydroxylation is 2. The van der Waals surface area contributed by atoms with Crippen LogP contribution in [-0.4, -0.2) is 11.5 Å². The van der Waals surface area contributed by atoms with Gasteiger partial charge in [0.05, 0.1) is 10.6 Å². The first-order chi connectivity index (χ1) is 9.61. The predicted octanol–water partition coefficient (Wildman–Crippen LogP) is 4.08. The number of aromatic nitrogens is 1. The molecule has 2 rings (SSSR count). The number of rotatable bonds is 6. The van der Waals surface area contributed by atoms with Gasteiger partial charge in [0.15, 0.2) is 0 Å². The summed E-state index contributed by atoms with van der Waals surface area (Å²) in [5.41, 5.74) is 1.77. The first-order valence-corrected chi connectivity index (χ1v) is 7.53. The van der Waals surface area contributed by atoms with Crippen molar-refractivity contribution in [3.05, 3.63) is 41.0 Å². The standard InChI is InChI=1S/C15H19FN2OS/c1-4-8-17-9-12-6-5-7-13(16)14(12)20-15-18-10(2)11(3)19-15/h5-7,17H,4,8-9H2,1-3H3. The van der Waals surface area contributed by atoms with Gasteiger partial charge in [-0.2, -0.15) is 0 Å². The van der Waals surface area contributed by atoms with Gasteiger partial charge in [0.1, 0.15) is 11.6 Å². The van der Waals surface area contributed by atoms with Gasteiger partial charge in [-0.1, -0.05) is 19.1 Å². The van der Waals surface area contributed by atoms with E-state index < -0.39 is 0 Å². The molecule has 0 unspecified atom stereocenters. The minimum atomic E-state index is -0.237. The van der Waals surface area contributed by atoms with Crippen molar-refractivity contribution in [2.45, 2.75) is 43.9 Å². The number of halogens is 1. The Morgan fingerprint density at radius 2 is 2.15 bits per heavy atom. The maximum atomic E-state index is 14.0. The van der Waals surface area contributed by atoms with Crippen LogP contribution < -0.4 is 5.32 Å². The SMILES string of the molecule is CCCNCc1cccc(F)c1Sc1nc(C)c(C)o1. The van der Waals surface area contributed by atoms with Crippen LogP contribution in [0.2, 0.25) is 0 Å². The summed E-state index contributed by atoms with van der Waals surface area (Å²) >= 11 is 1.24. The summed E-state index contributed by atoms with van der Waals surface area (Å²) in [4.78, 5) is 4.87. The largest absolute Gasteiger partial charge is 0.436 e.